The van der Waals surface area contributed by atoms with Gasteiger partial charge in [-0.25, -0.2) is 0 Å². The van der Waals surface area contributed by atoms with Crippen LogP contribution in [0.2, 0.25) is 0 Å². The molecule has 2 rings (SSSR count). The monoisotopic (exact) mass is 293 g/mol. The summed E-state index contributed by atoms with van der Waals surface area (Å²) in [5.41, 5.74) is 3.27. The Morgan fingerprint density at radius 1 is 1.09 bits per heavy atom. The lowest BCUT2D eigenvalue weighted by molar-refractivity contribution is 0.144. The van der Waals surface area contributed by atoms with Crippen molar-refractivity contribution < 1.29 is 5.11 Å². The zero-order valence-corrected chi connectivity index (χ0v) is 13.7. The van der Waals surface area contributed by atoms with Crippen LogP contribution in [0.15, 0.2) is 42.5 Å². The van der Waals surface area contributed by atoms with Crippen LogP contribution in [0.3, 0.4) is 0 Å². The first kappa shape index (κ1) is 16.3. The van der Waals surface area contributed by atoms with Gasteiger partial charge in [-0.3, -0.25) is 0 Å². The summed E-state index contributed by atoms with van der Waals surface area (Å²) in [5, 5.41) is 11.2. The summed E-state index contributed by atoms with van der Waals surface area (Å²) in [7, 11) is 4.04. The summed E-state index contributed by atoms with van der Waals surface area (Å²) in [4.78, 5) is 2.09. The average Bonchev–Trinajstić information content (AvgIpc) is 2.46. The second kappa shape index (κ2) is 6.36. The lowest BCUT2D eigenvalue weighted by Gasteiger charge is -2.27. The smallest absolute Gasteiger partial charge is 0.177 e. The minimum absolute atomic E-state index is 0.742. The molecule has 0 saturated heterocycles. The highest BCUT2D eigenvalue weighted by Gasteiger charge is 2.32. The molecule has 1 unspecified atom stereocenters. The summed E-state index contributed by atoms with van der Waals surface area (Å²) in [6, 6.07) is 13.8. The molecule has 0 saturated carbocycles. The van der Waals surface area contributed by atoms with Crippen molar-refractivity contribution in [1.29, 1.82) is 0 Å². The Morgan fingerprint density at radius 2 is 1.68 bits per heavy atom. The predicted molar refractivity (Wildman–Crippen MR) is 91.6 cm³/mol. The van der Waals surface area contributed by atoms with Gasteiger partial charge in [0.05, 0.1) is 0 Å². The summed E-state index contributed by atoms with van der Waals surface area (Å²) < 4.78 is 0. The Bertz CT molecular complexity index is 692. The normalized spacial score (nSPS) is 13.7. The fourth-order valence-corrected chi connectivity index (χ4v) is 2.94. The molecule has 0 amide bonds. The van der Waals surface area contributed by atoms with E-state index in [2.05, 4.69) is 10.8 Å². The van der Waals surface area contributed by atoms with Crippen molar-refractivity contribution in [3.8, 4) is 12.3 Å². The molecule has 0 bridgehead atoms. The number of nitrogens with zero attached hydrogens (tertiary/aromatic N) is 1. The van der Waals surface area contributed by atoms with E-state index in [1.54, 1.807) is 0 Å². The molecule has 2 aromatic carbocycles. The van der Waals surface area contributed by atoms with E-state index < -0.39 is 5.60 Å². The topological polar surface area (TPSA) is 23.5 Å². The van der Waals surface area contributed by atoms with E-state index >= 15 is 0 Å². The molecule has 114 valence electrons. The molecule has 0 fully saturated rings. The van der Waals surface area contributed by atoms with Gasteiger partial charge in [0.2, 0.25) is 0 Å². The Kier molecular flexibility index (Phi) is 4.71. The van der Waals surface area contributed by atoms with Crippen molar-refractivity contribution in [2.24, 2.45) is 0 Å². The van der Waals surface area contributed by atoms with E-state index in [9.17, 15) is 5.11 Å². The van der Waals surface area contributed by atoms with Gasteiger partial charge in [0, 0.05) is 17.7 Å². The van der Waals surface area contributed by atoms with Gasteiger partial charge in [-0.15, -0.1) is 6.42 Å². The minimum atomic E-state index is -1.41. The molecule has 0 aliphatic heterocycles. The van der Waals surface area contributed by atoms with Gasteiger partial charge in [-0.05, 0) is 44.6 Å². The highest BCUT2D eigenvalue weighted by molar-refractivity contribution is 5.51. The third-order valence-electron chi connectivity index (χ3n) is 3.90. The van der Waals surface area contributed by atoms with Crippen LogP contribution in [0.4, 0.5) is 0 Å². The molecule has 2 aromatic rings. The first-order valence-electron chi connectivity index (χ1n) is 7.39. The fourth-order valence-electron chi connectivity index (χ4n) is 2.94. The second-order valence-electron chi connectivity index (χ2n) is 6.06. The van der Waals surface area contributed by atoms with E-state index in [-0.39, 0.29) is 0 Å². The molecule has 2 heteroatoms. The molecule has 0 aliphatic rings. The molecule has 0 aromatic heterocycles. The zero-order valence-electron chi connectivity index (χ0n) is 13.7. The zero-order chi connectivity index (χ0) is 16.3. The number of rotatable bonds is 4. The number of aryl methyl sites for hydroxylation is 2. The van der Waals surface area contributed by atoms with Crippen LogP contribution in [0, 0.1) is 26.2 Å². The molecule has 1 atom stereocenters. The molecule has 1 N–H and O–H groups in total. The SMILES string of the molecule is C#CC(O)(c1cccc(CN(C)C)c1)c1c(C)cccc1C. The van der Waals surface area contributed by atoms with Crippen LogP contribution >= 0.6 is 0 Å². The molecular weight excluding hydrogens is 270 g/mol. The van der Waals surface area contributed by atoms with Gasteiger partial charge in [0.1, 0.15) is 0 Å². The van der Waals surface area contributed by atoms with Crippen molar-refractivity contribution in [2.45, 2.75) is 26.0 Å². The molecule has 22 heavy (non-hydrogen) atoms. The third-order valence-corrected chi connectivity index (χ3v) is 3.90. The maximum absolute atomic E-state index is 11.2. The van der Waals surface area contributed by atoms with Gasteiger partial charge in [0.25, 0.3) is 0 Å². The van der Waals surface area contributed by atoms with Crippen molar-refractivity contribution in [1.82, 2.24) is 4.90 Å². The van der Waals surface area contributed by atoms with Crippen molar-refractivity contribution in [2.75, 3.05) is 14.1 Å². The van der Waals surface area contributed by atoms with Gasteiger partial charge in [-0.2, -0.15) is 0 Å². The van der Waals surface area contributed by atoms with Crippen LogP contribution in [0.25, 0.3) is 0 Å². The standard InChI is InChI=1S/C20H23NO/c1-6-20(22,19-15(2)9-7-10-16(19)3)18-12-8-11-17(13-18)14-21(4)5/h1,7-13,22H,14H2,2-5H3. The van der Waals surface area contributed by atoms with Crippen LogP contribution in [0.5, 0.6) is 0 Å². The van der Waals surface area contributed by atoms with E-state index in [1.807, 2.05) is 70.4 Å². The maximum Gasteiger partial charge on any atom is 0.177 e. The van der Waals surface area contributed by atoms with Crippen LogP contribution in [0.1, 0.15) is 27.8 Å². The Morgan fingerprint density at radius 3 is 2.23 bits per heavy atom. The van der Waals surface area contributed by atoms with E-state index in [0.717, 1.165) is 34.4 Å². The first-order valence-corrected chi connectivity index (χ1v) is 7.39. The molecule has 0 heterocycles. The van der Waals surface area contributed by atoms with Gasteiger partial charge < -0.3 is 10.0 Å². The first-order chi connectivity index (χ1) is 10.4. The van der Waals surface area contributed by atoms with Crippen molar-refractivity contribution in [3.05, 3.63) is 70.3 Å². The Labute approximate surface area is 133 Å². The molecule has 2 nitrogen and oxygen atoms in total. The highest BCUT2D eigenvalue weighted by atomic mass is 16.3. The predicted octanol–water partition coefficient (Wildman–Crippen LogP) is 3.23. The second-order valence-corrected chi connectivity index (χ2v) is 6.06. The Hall–Kier alpha value is -2.08. The summed E-state index contributed by atoms with van der Waals surface area (Å²) in [6.45, 7) is 4.77. The molecule has 0 spiro atoms. The summed E-state index contributed by atoms with van der Waals surface area (Å²) in [6.07, 6.45) is 5.75. The molecule has 0 aliphatic carbocycles. The lowest BCUT2D eigenvalue weighted by Crippen LogP contribution is -2.27. The number of hydrogen-bond acceptors (Lipinski definition) is 2. The summed E-state index contributed by atoms with van der Waals surface area (Å²) in [5.74, 6) is 2.62. The lowest BCUT2D eigenvalue weighted by atomic mass is 9.81. The number of terminal acetylenes is 1. The maximum atomic E-state index is 11.2. The number of aliphatic hydroxyl groups is 1. The van der Waals surface area contributed by atoms with E-state index in [1.165, 1.54) is 0 Å². The summed E-state index contributed by atoms with van der Waals surface area (Å²) >= 11 is 0. The fraction of sp³-hybridized carbons (Fsp3) is 0.300. The van der Waals surface area contributed by atoms with Gasteiger partial charge >= 0.3 is 0 Å². The largest absolute Gasteiger partial charge is 0.369 e. The Balaban J connectivity index is 2.58. The third kappa shape index (κ3) is 3.06. The number of hydrogen-bond donors (Lipinski definition) is 1. The van der Waals surface area contributed by atoms with Crippen molar-refractivity contribution >= 4 is 0 Å². The highest BCUT2D eigenvalue weighted by Crippen LogP contribution is 2.34. The quantitative estimate of drug-likeness (QED) is 0.875. The molecule has 0 radical (unpaired) electrons. The van der Waals surface area contributed by atoms with E-state index in [0.29, 0.717) is 0 Å². The minimum Gasteiger partial charge on any atom is -0.369 e. The van der Waals surface area contributed by atoms with Crippen LogP contribution in [-0.2, 0) is 12.1 Å². The van der Waals surface area contributed by atoms with Gasteiger partial charge in [0.15, 0.2) is 5.60 Å². The van der Waals surface area contributed by atoms with E-state index in [4.69, 9.17) is 6.42 Å². The molecular formula is C20H23NO. The van der Waals surface area contributed by atoms with Crippen LogP contribution < -0.4 is 0 Å². The van der Waals surface area contributed by atoms with Gasteiger partial charge in [-0.1, -0.05) is 48.4 Å². The van der Waals surface area contributed by atoms with Crippen LogP contribution in [-0.4, -0.2) is 24.1 Å². The van der Waals surface area contributed by atoms with Crippen molar-refractivity contribution in [3.63, 3.8) is 0 Å². The number of benzene rings is 2. The average molecular weight is 293 g/mol.